The Morgan fingerprint density at radius 3 is 2.50 bits per heavy atom. The van der Waals surface area contributed by atoms with Crippen molar-refractivity contribution in [3.8, 4) is 0 Å². The molecule has 0 aliphatic rings. The molecule has 0 saturated heterocycles. The maximum atomic E-state index is 12.4. The van der Waals surface area contributed by atoms with Crippen LogP contribution < -0.4 is 10.6 Å². The molecule has 6 nitrogen and oxygen atoms in total. The van der Waals surface area contributed by atoms with E-state index >= 15 is 0 Å². The zero-order valence-corrected chi connectivity index (χ0v) is 15.6. The highest BCUT2D eigenvalue weighted by Gasteiger charge is 2.13. The van der Waals surface area contributed by atoms with E-state index in [4.69, 9.17) is 0 Å². The average Bonchev–Trinajstić information content (AvgIpc) is 2.96. The summed E-state index contributed by atoms with van der Waals surface area (Å²) in [5.74, 6) is 0.136. The zero-order valence-electron chi connectivity index (χ0n) is 15.6. The standard InChI is InChI=1S/C20H26N4O2/c1-5-18-17(12-21-24(18)13-14(3)4)23-20(26)11-15-7-9-16(10-8-15)22-19(25)6-2/h6-10,12,14H,2,5,11,13H2,1,3-4H3,(H,22,25)(H,23,26). The Kier molecular flexibility index (Phi) is 6.72. The number of carbonyl (C=O) groups is 2. The molecule has 0 radical (unpaired) electrons. The van der Waals surface area contributed by atoms with Crippen molar-refractivity contribution in [3.63, 3.8) is 0 Å². The first-order valence-corrected chi connectivity index (χ1v) is 8.79. The Bertz CT molecular complexity index is 776. The topological polar surface area (TPSA) is 76.0 Å². The van der Waals surface area contributed by atoms with Crippen molar-refractivity contribution in [2.45, 2.75) is 40.2 Å². The molecule has 26 heavy (non-hydrogen) atoms. The van der Waals surface area contributed by atoms with E-state index in [1.807, 2.05) is 16.8 Å². The number of amides is 2. The van der Waals surface area contributed by atoms with Crippen LogP contribution in [0.15, 0.2) is 43.1 Å². The molecule has 138 valence electrons. The van der Waals surface area contributed by atoms with Crippen LogP contribution in [0.5, 0.6) is 0 Å². The van der Waals surface area contributed by atoms with Crippen molar-refractivity contribution in [1.29, 1.82) is 0 Å². The largest absolute Gasteiger partial charge is 0.323 e. The van der Waals surface area contributed by atoms with E-state index < -0.39 is 0 Å². The highest BCUT2D eigenvalue weighted by molar-refractivity contribution is 5.99. The molecule has 0 fully saturated rings. The van der Waals surface area contributed by atoms with E-state index in [1.165, 1.54) is 6.08 Å². The lowest BCUT2D eigenvalue weighted by molar-refractivity contribution is -0.115. The summed E-state index contributed by atoms with van der Waals surface area (Å²) in [6.07, 6.45) is 3.99. The average molecular weight is 354 g/mol. The summed E-state index contributed by atoms with van der Waals surface area (Å²) < 4.78 is 1.96. The molecule has 0 atom stereocenters. The maximum absolute atomic E-state index is 12.4. The van der Waals surface area contributed by atoms with Crippen LogP contribution in [0.2, 0.25) is 0 Å². The smallest absolute Gasteiger partial charge is 0.247 e. The van der Waals surface area contributed by atoms with Gasteiger partial charge in [-0.3, -0.25) is 14.3 Å². The zero-order chi connectivity index (χ0) is 19.1. The molecule has 0 aliphatic heterocycles. The van der Waals surface area contributed by atoms with Crippen LogP contribution in [0, 0.1) is 5.92 Å². The summed E-state index contributed by atoms with van der Waals surface area (Å²) in [5, 5.41) is 10.0. The lowest BCUT2D eigenvalue weighted by Crippen LogP contribution is -2.16. The first-order valence-electron chi connectivity index (χ1n) is 8.79. The second-order valence-electron chi connectivity index (χ2n) is 6.55. The lowest BCUT2D eigenvalue weighted by Gasteiger charge is -2.11. The summed E-state index contributed by atoms with van der Waals surface area (Å²) in [4.78, 5) is 23.6. The minimum absolute atomic E-state index is 0.0910. The van der Waals surface area contributed by atoms with Gasteiger partial charge in [0.15, 0.2) is 0 Å². The number of aromatic nitrogens is 2. The normalized spacial score (nSPS) is 10.6. The highest BCUT2D eigenvalue weighted by Crippen LogP contribution is 2.18. The van der Waals surface area contributed by atoms with Gasteiger partial charge >= 0.3 is 0 Å². The Morgan fingerprint density at radius 2 is 1.92 bits per heavy atom. The minimum Gasteiger partial charge on any atom is -0.323 e. The summed E-state index contributed by atoms with van der Waals surface area (Å²) in [7, 11) is 0. The summed E-state index contributed by atoms with van der Waals surface area (Å²) in [5.41, 5.74) is 3.34. The lowest BCUT2D eigenvalue weighted by atomic mass is 10.1. The molecule has 1 aromatic heterocycles. The molecular weight excluding hydrogens is 328 g/mol. The second kappa shape index (κ2) is 8.99. The molecule has 0 spiro atoms. The molecule has 0 saturated carbocycles. The van der Waals surface area contributed by atoms with Crippen molar-refractivity contribution >= 4 is 23.2 Å². The van der Waals surface area contributed by atoms with E-state index in [1.54, 1.807) is 18.3 Å². The number of anilines is 2. The molecule has 2 amide bonds. The molecule has 1 heterocycles. The van der Waals surface area contributed by atoms with E-state index in [9.17, 15) is 9.59 Å². The predicted octanol–water partition coefficient (Wildman–Crippen LogP) is 3.41. The van der Waals surface area contributed by atoms with Gasteiger partial charge in [-0.25, -0.2) is 0 Å². The Hall–Kier alpha value is -2.89. The molecule has 6 heteroatoms. The fourth-order valence-electron chi connectivity index (χ4n) is 2.67. The second-order valence-corrected chi connectivity index (χ2v) is 6.55. The van der Waals surface area contributed by atoms with Crippen molar-refractivity contribution in [2.24, 2.45) is 5.92 Å². The number of hydrogen-bond acceptors (Lipinski definition) is 3. The number of carbonyl (C=O) groups excluding carboxylic acids is 2. The Labute approximate surface area is 154 Å². The third-order valence-corrected chi connectivity index (χ3v) is 3.87. The third kappa shape index (κ3) is 5.31. The molecule has 2 N–H and O–H groups in total. The van der Waals surface area contributed by atoms with Crippen LogP contribution in [0.1, 0.15) is 32.0 Å². The number of rotatable bonds is 8. The van der Waals surface area contributed by atoms with Crippen molar-refractivity contribution in [2.75, 3.05) is 10.6 Å². The van der Waals surface area contributed by atoms with Crippen LogP contribution >= 0.6 is 0 Å². The highest BCUT2D eigenvalue weighted by atomic mass is 16.2. The summed E-state index contributed by atoms with van der Waals surface area (Å²) in [6, 6.07) is 7.17. The minimum atomic E-state index is -0.263. The van der Waals surface area contributed by atoms with Gasteiger partial charge in [-0.05, 0) is 36.1 Å². The van der Waals surface area contributed by atoms with Crippen LogP contribution in [0.3, 0.4) is 0 Å². The number of hydrogen-bond donors (Lipinski definition) is 2. The maximum Gasteiger partial charge on any atom is 0.247 e. The molecular formula is C20H26N4O2. The monoisotopic (exact) mass is 354 g/mol. The quantitative estimate of drug-likeness (QED) is 0.713. The van der Waals surface area contributed by atoms with Gasteiger partial charge < -0.3 is 10.6 Å². The van der Waals surface area contributed by atoms with Gasteiger partial charge in [0.2, 0.25) is 11.8 Å². The number of nitrogens with zero attached hydrogens (tertiary/aromatic N) is 2. The Morgan fingerprint density at radius 1 is 1.23 bits per heavy atom. The van der Waals surface area contributed by atoms with E-state index in [0.29, 0.717) is 11.6 Å². The number of benzene rings is 1. The van der Waals surface area contributed by atoms with Crippen molar-refractivity contribution < 1.29 is 9.59 Å². The fraction of sp³-hybridized carbons (Fsp3) is 0.350. The predicted molar refractivity (Wildman–Crippen MR) is 104 cm³/mol. The van der Waals surface area contributed by atoms with Gasteiger partial charge in [0.25, 0.3) is 0 Å². The first-order chi connectivity index (χ1) is 12.4. The van der Waals surface area contributed by atoms with E-state index in [2.05, 4.69) is 43.1 Å². The molecule has 2 rings (SSSR count). The van der Waals surface area contributed by atoms with Crippen LogP contribution in [0.4, 0.5) is 11.4 Å². The van der Waals surface area contributed by atoms with Gasteiger partial charge in [-0.15, -0.1) is 0 Å². The fourth-order valence-corrected chi connectivity index (χ4v) is 2.67. The molecule has 2 aromatic rings. The van der Waals surface area contributed by atoms with Gasteiger partial charge in [0.1, 0.15) is 0 Å². The summed E-state index contributed by atoms with van der Waals surface area (Å²) in [6.45, 7) is 10.6. The molecule has 0 unspecified atom stereocenters. The van der Waals surface area contributed by atoms with Gasteiger partial charge in [-0.1, -0.05) is 39.5 Å². The Balaban J connectivity index is 1.99. The van der Waals surface area contributed by atoms with Crippen molar-refractivity contribution in [3.05, 3.63) is 54.4 Å². The molecule has 1 aromatic carbocycles. The summed E-state index contributed by atoms with van der Waals surface area (Å²) >= 11 is 0. The molecule has 0 bridgehead atoms. The number of nitrogens with one attached hydrogen (secondary N) is 2. The third-order valence-electron chi connectivity index (χ3n) is 3.87. The van der Waals surface area contributed by atoms with Gasteiger partial charge in [0, 0.05) is 12.2 Å². The van der Waals surface area contributed by atoms with Gasteiger partial charge in [-0.2, -0.15) is 5.10 Å². The van der Waals surface area contributed by atoms with Gasteiger partial charge in [0.05, 0.1) is 24.0 Å². The first kappa shape index (κ1) is 19.4. The SMILES string of the molecule is C=CC(=O)Nc1ccc(CC(=O)Nc2cnn(CC(C)C)c2CC)cc1. The molecule has 0 aliphatic carbocycles. The van der Waals surface area contributed by atoms with E-state index in [0.717, 1.165) is 29.9 Å². The van der Waals surface area contributed by atoms with Crippen LogP contribution in [-0.4, -0.2) is 21.6 Å². The van der Waals surface area contributed by atoms with Crippen molar-refractivity contribution in [1.82, 2.24) is 9.78 Å². The van der Waals surface area contributed by atoms with E-state index in [-0.39, 0.29) is 18.2 Å². The van der Waals surface area contributed by atoms with Crippen LogP contribution in [-0.2, 0) is 29.0 Å². The van der Waals surface area contributed by atoms with Crippen LogP contribution in [0.25, 0.3) is 0 Å².